The molecule has 0 aromatic rings. The van der Waals surface area contributed by atoms with E-state index in [2.05, 4.69) is 0 Å². The lowest BCUT2D eigenvalue weighted by Crippen LogP contribution is -2.20. The Morgan fingerprint density at radius 3 is 2.68 bits per heavy atom. The number of unbranched alkanes of at least 4 members (excludes halogenated alkanes) is 1. The van der Waals surface area contributed by atoms with Crippen molar-refractivity contribution >= 4 is 12.1 Å². The number of allylic oxidation sites excluding steroid dienone is 3. The summed E-state index contributed by atoms with van der Waals surface area (Å²) in [6.45, 7) is 4.03. The molecule has 0 bridgehead atoms. The van der Waals surface area contributed by atoms with Crippen molar-refractivity contribution in [2.24, 2.45) is 5.92 Å². The molecular weight excluding hydrogens is 240 g/mol. The number of rotatable bonds is 7. The second-order valence-corrected chi connectivity index (χ2v) is 5.16. The molecule has 0 aromatic carbocycles. The van der Waals surface area contributed by atoms with E-state index in [9.17, 15) is 14.7 Å². The van der Waals surface area contributed by atoms with E-state index in [0.29, 0.717) is 24.8 Å². The zero-order chi connectivity index (χ0) is 14.3. The summed E-state index contributed by atoms with van der Waals surface area (Å²) in [7, 11) is 0. The van der Waals surface area contributed by atoms with Gasteiger partial charge in [-0.05, 0) is 43.8 Å². The van der Waals surface area contributed by atoms with Gasteiger partial charge in [0.2, 0.25) is 0 Å². The minimum atomic E-state index is -0.0390. The highest BCUT2D eigenvalue weighted by Crippen LogP contribution is 2.33. The number of carbonyl (C=O) groups is 2. The Labute approximate surface area is 115 Å². The van der Waals surface area contributed by atoms with Crippen molar-refractivity contribution in [1.29, 1.82) is 0 Å². The minimum Gasteiger partial charge on any atom is -0.508 e. The van der Waals surface area contributed by atoms with Crippen molar-refractivity contribution in [1.82, 2.24) is 0 Å². The molecule has 1 rings (SSSR count). The monoisotopic (exact) mass is 264 g/mol. The van der Waals surface area contributed by atoms with E-state index in [4.69, 9.17) is 0 Å². The molecule has 0 aliphatic heterocycles. The Balaban J connectivity index is 2.83. The summed E-state index contributed by atoms with van der Waals surface area (Å²) in [6.07, 6.45) is 7.64. The van der Waals surface area contributed by atoms with Gasteiger partial charge in [-0.2, -0.15) is 0 Å². The Morgan fingerprint density at radius 1 is 1.37 bits per heavy atom. The first-order valence-electron chi connectivity index (χ1n) is 7.23. The van der Waals surface area contributed by atoms with E-state index in [0.717, 1.165) is 37.5 Å². The van der Waals surface area contributed by atoms with Crippen LogP contribution in [0.3, 0.4) is 0 Å². The van der Waals surface area contributed by atoms with Crippen molar-refractivity contribution in [2.45, 2.75) is 58.8 Å². The van der Waals surface area contributed by atoms with Crippen molar-refractivity contribution in [3.8, 4) is 0 Å². The maximum absolute atomic E-state index is 11.9. The van der Waals surface area contributed by atoms with Gasteiger partial charge in [-0.3, -0.25) is 9.59 Å². The van der Waals surface area contributed by atoms with Crippen LogP contribution in [0.1, 0.15) is 58.8 Å². The maximum Gasteiger partial charge on any atom is 0.146 e. The normalized spacial score (nSPS) is 20.5. The zero-order valence-electron chi connectivity index (χ0n) is 11.9. The molecule has 0 amide bonds. The quantitative estimate of drug-likeness (QED) is 0.560. The minimum absolute atomic E-state index is 0.0390. The number of hydrogen-bond acceptors (Lipinski definition) is 3. The lowest BCUT2D eigenvalue weighted by atomic mass is 9.80. The average Bonchev–Trinajstić information content (AvgIpc) is 2.44. The SMILES string of the molecule is CCC/C=C(\O)C1=C(C=O)C[C@@H](C(=O)CCC)CC1. The van der Waals surface area contributed by atoms with Gasteiger partial charge in [0.25, 0.3) is 0 Å². The molecule has 106 valence electrons. The summed E-state index contributed by atoms with van der Waals surface area (Å²) in [5, 5.41) is 9.99. The fourth-order valence-electron chi connectivity index (χ4n) is 2.51. The van der Waals surface area contributed by atoms with Crippen molar-refractivity contribution in [2.75, 3.05) is 0 Å². The third kappa shape index (κ3) is 4.34. The van der Waals surface area contributed by atoms with Gasteiger partial charge in [-0.25, -0.2) is 0 Å². The number of hydrogen-bond donors (Lipinski definition) is 1. The van der Waals surface area contributed by atoms with Gasteiger partial charge in [0.1, 0.15) is 17.8 Å². The van der Waals surface area contributed by atoms with Crippen molar-refractivity contribution in [3.63, 3.8) is 0 Å². The predicted molar refractivity (Wildman–Crippen MR) is 76.0 cm³/mol. The molecule has 1 aliphatic carbocycles. The standard InChI is InChI=1S/C16H24O3/c1-3-5-7-16(19)14-9-8-12(10-13(14)11-17)15(18)6-4-2/h7,11-12,19H,3-6,8-10H2,1-2H3/b16-7-/t12-/m0/s1. The molecular formula is C16H24O3. The fourth-order valence-corrected chi connectivity index (χ4v) is 2.51. The van der Waals surface area contributed by atoms with Gasteiger partial charge in [0.15, 0.2) is 0 Å². The van der Waals surface area contributed by atoms with E-state index >= 15 is 0 Å². The van der Waals surface area contributed by atoms with E-state index in [1.54, 1.807) is 6.08 Å². The Morgan fingerprint density at radius 2 is 2.11 bits per heavy atom. The summed E-state index contributed by atoms with van der Waals surface area (Å²) < 4.78 is 0. The summed E-state index contributed by atoms with van der Waals surface area (Å²) in [4.78, 5) is 23.1. The van der Waals surface area contributed by atoms with Crippen molar-refractivity contribution in [3.05, 3.63) is 23.0 Å². The van der Waals surface area contributed by atoms with E-state index < -0.39 is 0 Å². The van der Waals surface area contributed by atoms with Crippen LogP contribution >= 0.6 is 0 Å². The third-order valence-corrected chi connectivity index (χ3v) is 3.63. The molecule has 0 fully saturated rings. The van der Waals surface area contributed by atoms with Gasteiger partial charge in [-0.1, -0.05) is 20.3 Å². The molecule has 0 radical (unpaired) electrons. The van der Waals surface area contributed by atoms with Gasteiger partial charge >= 0.3 is 0 Å². The lowest BCUT2D eigenvalue weighted by molar-refractivity contribution is -0.123. The van der Waals surface area contributed by atoms with E-state index in [1.807, 2.05) is 13.8 Å². The summed E-state index contributed by atoms with van der Waals surface area (Å²) >= 11 is 0. The third-order valence-electron chi connectivity index (χ3n) is 3.63. The van der Waals surface area contributed by atoms with Gasteiger partial charge < -0.3 is 5.11 Å². The Kier molecular flexibility index (Phi) is 6.54. The lowest BCUT2D eigenvalue weighted by Gasteiger charge is -2.23. The molecule has 0 saturated heterocycles. The fraction of sp³-hybridized carbons (Fsp3) is 0.625. The summed E-state index contributed by atoms with van der Waals surface area (Å²) in [5.41, 5.74) is 1.34. The smallest absolute Gasteiger partial charge is 0.146 e. The molecule has 0 aromatic heterocycles. The van der Waals surface area contributed by atoms with Gasteiger partial charge in [-0.15, -0.1) is 0 Å². The number of aldehydes is 1. The van der Waals surface area contributed by atoms with Crippen LogP contribution in [0.15, 0.2) is 23.0 Å². The maximum atomic E-state index is 11.9. The molecule has 0 spiro atoms. The van der Waals surface area contributed by atoms with Crippen LogP contribution in [0.2, 0.25) is 0 Å². The Hall–Kier alpha value is -1.38. The van der Waals surface area contributed by atoms with Crippen molar-refractivity contribution < 1.29 is 14.7 Å². The zero-order valence-corrected chi connectivity index (χ0v) is 11.9. The molecule has 1 N–H and O–H groups in total. The second-order valence-electron chi connectivity index (χ2n) is 5.16. The van der Waals surface area contributed by atoms with E-state index in [1.165, 1.54) is 0 Å². The molecule has 19 heavy (non-hydrogen) atoms. The topological polar surface area (TPSA) is 54.4 Å². The van der Waals surface area contributed by atoms with Crippen LogP contribution in [0, 0.1) is 5.92 Å². The number of aliphatic hydroxyl groups excluding tert-OH is 1. The number of carbonyl (C=O) groups excluding carboxylic acids is 2. The first-order valence-corrected chi connectivity index (χ1v) is 7.23. The first kappa shape index (κ1) is 15.7. The van der Waals surface area contributed by atoms with Crippen LogP contribution in [0.4, 0.5) is 0 Å². The molecule has 1 atom stereocenters. The van der Waals surface area contributed by atoms with Crippen LogP contribution < -0.4 is 0 Å². The highest BCUT2D eigenvalue weighted by molar-refractivity contribution is 5.84. The van der Waals surface area contributed by atoms with Crippen LogP contribution in [0.25, 0.3) is 0 Å². The molecule has 0 heterocycles. The van der Waals surface area contributed by atoms with Crippen LogP contribution in [-0.4, -0.2) is 17.2 Å². The predicted octanol–water partition coefficient (Wildman–Crippen LogP) is 3.89. The Bertz CT molecular complexity index is 391. The summed E-state index contributed by atoms with van der Waals surface area (Å²) in [5.74, 6) is 0.436. The van der Waals surface area contributed by atoms with E-state index in [-0.39, 0.29) is 17.5 Å². The molecule has 0 unspecified atom stereocenters. The van der Waals surface area contributed by atoms with Gasteiger partial charge in [0, 0.05) is 17.9 Å². The van der Waals surface area contributed by atoms with Crippen LogP contribution in [-0.2, 0) is 9.59 Å². The summed E-state index contributed by atoms with van der Waals surface area (Å²) in [6, 6.07) is 0. The molecule has 3 heteroatoms. The number of ketones is 1. The number of aliphatic hydroxyl groups is 1. The molecule has 3 nitrogen and oxygen atoms in total. The highest BCUT2D eigenvalue weighted by Gasteiger charge is 2.26. The van der Waals surface area contributed by atoms with Crippen LogP contribution in [0.5, 0.6) is 0 Å². The number of Topliss-reactive ketones (excluding diaryl/α,β-unsaturated/α-hetero) is 1. The highest BCUT2D eigenvalue weighted by atomic mass is 16.3. The van der Waals surface area contributed by atoms with Gasteiger partial charge in [0.05, 0.1) is 0 Å². The largest absolute Gasteiger partial charge is 0.508 e. The first-order chi connectivity index (χ1) is 9.13. The second kappa shape index (κ2) is 7.93. The molecule has 0 saturated carbocycles. The molecule has 1 aliphatic rings. The average molecular weight is 264 g/mol.